The van der Waals surface area contributed by atoms with E-state index in [1.165, 1.54) is 0 Å². The number of amides is 2. The number of carbonyl (C=O) groups excluding carboxylic acids is 1. The molecular formula is C18H17BrN4O. The number of anilines is 1. The predicted octanol–water partition coefficient (Wildman–Crippen LogP) is 4.72. The quantitative estimate of drug-likeness (QED) is 0.608. The molecule has 3 rings (SSSR count). The van der Waals surface area contributed by atoms with Crippen molar-refractivity contribution in [1.82, 2.24) is 15.3 Å². The summed E-state index contributed by atoms with van der Waals surface area (Å²) in [6.07, 6.45) is 1.77. The van der Waals surface area contributed by atoms with Gasteiger partial charge in [-0.15, -0.1) is 0 Å². The van der Waals surface area contributed by atoms with Gasteiger partial charge in [0, 0.05) is 10.2 Å². The zero-order chi connectivity index (χ0) is 16.9. The van der Waals surface area contributed by atoms with Gasteiger partial charge in [-0.25, -0.2) is 9.78 Å². The zero-order valence-corrected chi connectivity index (χ0v) is 14.7. The average Bonchev–Trinajstić information content (AvgIpc) is 3.08. The van der Waals surface area contributed by atoms with Crippen LogP contribution in [0.2, 0.25) is 0 Å². The molecule has 1 atom stereocenters. The standard InChI is InChI=1S/C18H17BrN4O/c1-12(21-18(24)22-15-9-7-14(19)8-10-15)17-20-11-16(23-17)13-5-3-2-4-6-13/h2-12H,1H3,(H,20,23)(H2,21,22,24). The van der Waals surface area contributed by atoms with Gasteiger partial charge in [0.15, 0.2) is 0 Å². The molecular weight excluding hydrogens is 368 g/mol. The van der Waals surface area contributed by atoms with Crippen molar-refractivity contribution in [1.29, 1.82) is 0 Å². The Labute approximate surface area is 148 Å². The summed E-state index contributed by atoms with van der Waals surface area (Å²) in [6, 6.07) is 16.8. The highest BCUT2D eigenvalue weighted by molar-refractivity contribution is 9.10. The summed E-state index contributed by atoms with van der Waals surface area (Å²) in [6.45, 7) is 1.88. The van der Waals surface area contributed by atoms with Crippen molar-refractivity contribution in [2.45, 2.75) is 13.0 Å². The molecule has 2 amide bonds. The maximum atomic E-state index is 12.1. The van der Waals surface area contributed by atoms with Crippen LogP contribution in [0.25, 0.3) is 11.3 Å². The molecule has 0 aliphatic carbocycles. The number of carbonyl (C=O) groups is 1. The highest BCUT2D eigenvalue weighted by Crippen LogP contribution is 2.19. The molecule has 0 spiro atoms. The Balaban J connectivity index is 1.62. The first-order valence-corrected chi connectivity index (χ1v) is 8.34. The first-order valence-electron chi connectivity index (χ1n) is 7.55. The van der Waals surface area contributed by atoms with Crippen molar-refractivity contribution in [3.8, 4) is 11.3 Å². The van der Waals surface area contributed by atoms with Crippen LogP contribution >= 0.6 is 15.9 Å². The number of aromatic nitrogens is 2. The maximum absolute atomic E-state index is 12.1. The number of imidazole rings is 1. The van der Waals surface area contributed by atoms with Crippen LogP contribution < -0.4 is 10.6 Å². The van der Waals surface area contributed by atoms with Gasteiger partial charge in [0.25, 0.3) is 0 Å². The van der Waals surface area contributed by atoms with E-state index in [1.54, 1.807) is 6.20 Å². The van der Waals surface area contributed by atoms with E-state index in [0.717, 1.165) is 21.4 Å². The second-order valence-electron chi connectivity index (χ2n) is 5.38. The van der Waals surface area contributed by atoms with Crippen LogP contribution in [-0.4, -0.2) is 16.0 Å². The minimum Gasteiger partial charge on any atom is -0.340 e. The number of rotatable bonds is 4. The van der Waals surface area contributed by atoms with Gasteiger partial charge < -0.3 is 15.6 Å². The first kappa shape index (κ1) is 16.3. The number of benzene rings is 2. The molecule has 3 aromatic rings. The van der Waals surface area contributed by atoms with E-state index < -0.39 is 0 Å². The molecule has 6 heteroatoms. The molecule has 1 unspecified atom stereocenters. The second-order valence-corrected chi connectivity index (χ2v) is 6.29. The smallest absolute Gasteiger partial charge is 0.319 e. The summed E-state index contributed by atoms with van der Waals surface area (Å²) in [5.74, 6) is 0.708. The first-order chi connectivity index (χ1) is 11.6. The molecule has 1 heterocycles. The fourth-order valence-corrected chi connectivity index (χ4v) is 2.55. The van der Waals surface area contributed by atoms with Crippen molar-refractivity contribution in [3.05, 3.63) is 71.1 Å². The Bertz CT molecular complexity index is 815. The van der Waals surface area contributed by atoms with Crippen molar-refractivity contribution < 1.29 is 4.79 Å². The van der Waals surface area contributed by atoms with Crippen molar-refractivity contribution in [2.24, 2.45) is 0 Å². The lowest BCUT2D eigenvalue weighted by molar-refractivity contribution is 0.249. The van der Waals surface area contributed by atoms with E-state index in [-0.39, 0.29) is 12.1 Å². The number of H-pyrrole nitrogens is 1. The lowest BCUT2D eigenvalue weighted by Crippen LogP contribution is -2.31. The van der Waals surface area contributed by atoms with E-state index in [2.05, 4.69) is 36.5 Å². The van der Waals surface area contributed by atoms with Crippen LogP contribution in [0.1, 0.15) is 18.8 Å². The highest BCUT2D eigenvalue weighted by atomic mass is 79.9. The molecule has 3 N–H and O–H groups in total. The molecule has 122 valence electrons. The monoisotopic (exact) mass is 384 g/mol. The van der Waals surface area contributed by atoms with Gasteiger partial charge in [0.05, 0.1) is 17.9 Å². The Morgan fingerprint density at radius 1 is 1.12 bits per heavy atom. The predicted molar refractivity (Wildman–Crippen MR) is 98.7 cm³/mol. The number of halogens is 1. The van der Waals surface area contributed by atoms with Gasteiger partial charge in [-0.05, 0) is 36.8 Å². The van der Waals surface area contributed by atoms with Crippen molar-refractivity contribution in [2.75, 3.05) is 5.32 Å². The van der Waals surface area contributed by atoms with Crippen LogP contribution in [0.3, 0.4) is 0 Å². The summed E-state index contributed by atoms with van der Waals surface area (Å²) < 4.78 is 0.964. The van der Waals surface area contributed by atoms with Crippen LogP contribution in [0, 0.1) is 0 Å². The molecule has 0 fully saturated rings. The summed E-state index contributed by atoms with van der Waals surface area (Å²) in [5.41, 5.74) is 2.71. The van der Waals surface area contributed by atoms with Gasteiger partial charge in [0.2, 0.25) is 0 Å². The molecule has 0 saturated carbocycles. The molecule has 0 radical (unpaired) electrons. The molecule has 1 aromatic heterocycles. The number of aromatic amines is 1. The van der Waals surface area contributed by atoms with Gasteiger partial charge in [-0.3, -0.25) is 0 Å². The van der Waals surface area contributed by atoms with Crippen LogP contribution in [0.15, 0.2) is 65.3 Å². The van der Waals surface area contributed by atoms with E-state index in [0.29, 0.717) is 5.82 Å². The number of urea groups is 1. The van der Waals surface area contributed by atoms with E-state index in [9.17, 15) is 4.79 Å². The Kier molecular flexibility index (Phi) is 4.96. The Hall–Kier alpha value is -2.60. The van der Waals surface area contributed by atoms with E-state index >= 15 is 0 Å². The molecule has 5 nitrogen and oxygen atoms in total. The molecule has 24 heavy (non-hydrogen) atoms. The summed E-state index contributed by atoms with van der Waals surface area (Å²) in [7, 11) is 0. The van der Waals surface area contributed by atoms with Gasteiger partial charge >= 0.3 is 6.03 Å². The third kappa shape index (κ3) is 4.02. The lowest BCUT2D eigenvalue weighted by Gasteiger charge is -2.12. The van der Waals surface area contributed by atoms with Crippen molar-refractivity contribution >= 4 is 27.6 Å². The SMILES string of the molecule is CC(NC(=O)Nc1ccc(Br)cc1)c1ncc(-c2ccccc2)[nH]1. The lowest BCUT2D eigenvalue weighted by atomic mass is 10.2. The van der Waals surface area contributed by atoms with Gasteiger partial charge in [0.1, 0.15) is 5.82 Å². The Morgan fingerprint density at radius 3 is 2.54 bits per heavy atom. The second kappa shape index (κ2) is 7.31. The molecule has 2 aromatic carbocycles. The fraction of sp³-hybridized carbons (Fsp3) is 0.111. The largest absolute Gasteiger partial charge is 0.340 e. The highest BCUT2D eigenvalue weighted by Gasteiger charge is 2.13. The minimum atomic E-state index is -0.275. The van der Waals surface area contributed by atoms with E-state index in [4.69, 9.17) is 0 Å². The Morgan fingerprint density at radius 2 is 1.83 bits per heavy atom. The van der Waals surface area contributed by atoms with Gasteiger partial charge in [-0.1, -0.05) is 46.3 Å². The van der Waals surface area contributed by atoms with Crippen LogP contribution in [0.5, 0.6) is 0 Å². The maximum Gasteiger partial charge on any atom is 0.319 e. The number of nitrogens with zero attached hydrogens (tertiary/aromatic N) is 1. The topological polar surface area (TPSA) is 69.8 Å². The van der Waals surface area contributed by atoms with Crippen LogP contribution in [-0.2, 0) is 0 Å². The molecule has 0 bridgehead atoms. The zero-order valence-electron chi connectivity index (χ0n) is 13.1. The minimum absolute atomic E-state index is 0.238. The number of hydrogen-bond donors (Lipinski definition) is 3. The molecule has 0 saturated heterocycles. The summed E-state index contributed by atoms with van der Waals surface area (Å²) in [4.78, 5) is 19.7. The molecule has 0 aliphatic rings. The van der Waals surface area contributed by atoms with E-state index in [1.807, 2.05) is 61.5 Å². The number of hydrogen-bond acceptors (Lipinski definition) is 2. The third-order valence-electron chi connectivity index (χ3n) is 3.54. The third-order valence-corrected chi connectivity index (χ3v) is 4.07. The normalized spacial score (nSPS) is 11.8. The van der Waals surface area contributed by atoms with Gasteiger partial charge in [-0.2, -0.15) is 0 Å². The van der Waals surface area contributed by atoms with Crippen LogP contribution in [0.4, 0.5) is 10.5 Å². The molecule has 0 aliphatic heterocycles. The number of nitrogens with one attached hydrogen (secondary N) is 3. The fourth-order valence-electron chi connectivity index (χ4n) is 2.29. The summed E-state index contributed by atoms with van der Waals surface area (Å²) in [5, 5.41) is 5.66. The van der Waals surface area contributed by atoms with Crippen molar-refractivity contribution in [3.63, 3.8) is 0 Å². The summed E-state index contributed by atoms with van der Waals surface area (Å²) >= 11 is 3.36. The average molecular weight is 385 g/mol.